The molecular formula is C21H39N9O8. The van der Waals surface area contributed by atoms with E-state index in [-0.39, 0.29) is 38.2 Å². The molecule has 0 aliphatic rings. The molecule has 0 saturated carbocycles. The number of carbonyl (C=O) groups is 6. The van der Waals surface area contributed by atoms with Crippen molar-refractivity contribution in [2.45, 2.75) is 75.5 Å². The highest BCUT2D eigenvalue weighted by Gasteiger charge is 2.31. The van der Waals surface area contributed by atoms with Gasteiger partial charge in [0, 0.05) is 13.0 Å². The van der Waals surface area contributed by atoms with E-state index in [0.717, 1.165) is 0 Å². The Labute approximate surface area is 219 Å². The highest BCUT2D eigenvalue weighted by atomic mass is 16.4. The molecule has 0 rings (SSSR count). The van der Waals surface area contributed by atoms with Crippen molar-refractivity contribution in [2.75, 3.05) is 13.1 Å². The maximum Gasteiger partial charge on any atom is 0.326 e. The molecule has 0 heterocycles. The summed E-state index contributed by atoms with van der Waals surface area (Å²) >= 11 is 0. The molecule has 0 spiro atoms. The first kappa shape index (κ1) is 34.0. The van der Waals surface area contributed by atoms with E-state index < -0.39 is 72.6 Å². The molecule has 17 nitrogen and oxygen atoms in total. The van der Waals surface area contributed by atoms with Gasteiger partial charge in [0.25, 0.3) is 0 Å². The van der Waals surface area contributed by atoms with Crippen LogP contribution in [0.25, 0.3) is 0 Å². The lowest BCUT2D eigenvalue weighted by Gasteiger charge is -2.25. The van der Waals surface area contributed by atoms with Crippen molar-refractivity contribution >= 4 is 41.5 Å². The molecule has 0 aliphatic heterocycles. The van der Waals surface area contributed by atoms with Crippen LogP contribution in [-0.4, -0.2) is 89.0 Å². The maximum atomic E-state index is 12.9. The van der Waals surface area contributed by atoms with Gasteiger partial charge in [-0.25, -0.2) is 4.79 Å². The van der Waals surface area contributed by atoms with Gasteiger partial charge in [0.15, 0.2) is 5.96 Å². The Morgan fingerprint density at radius 3 is 1.82 bits per heavy atom. The minimum absolute atomic E-state index is 0.0289. The molecule has 0 aliphatic carbocycles. The number of primary amides is 1. The normalized spacial score (nSPS) is 13.7. The Morgan fingerprint density at radius 1 is 0.737 bits per heavy atom. The fourth-order valence-electron chi connectivity index (χ4n) is 3.17. The molecule has 0 aromatic carbocycles. The lowest BCUT2D eigenvalue weighted by Crippen LogP contribution is -2.57. The predicted molar refractivity (Wildman–Crippen MR) is 135 cm³/mol. The number of unbranched alkanes of at least 4 members (excludes halogenated alkanes) is 1. The third kappa shape index (κ3) is 15.2. The van der Waals surface area contributed by atoms with Crippen LogP contribution in [-0.2, 0) is 28.8 Å². The van der Waals surface area contributed by atoms with E-state index in [0.29, 0.717) is 19.4 Å². The summed E-state index contributed by atoms with van der Waals surface area (Å²) in [6, 6.07) is -5.37. The number of carbonyl (C=O) groups excluding carboxylic acids is 4. The van der Waals surface area contributed by atoms with Gasteiger partial charge < -0.3 is 54.8 Å². The smallest absolute Gasteiger partial charge is 0.326 e. The van der Waals surface area contributed by atoms with Gasteiger partial charge in [-0.15, -0.1) is 0 Å². The van der Waals surface area contributed by atoms with Crippen molar-refractivity contribution in [2.24, 2.45) is 33.7 Å². The summed E-state index contributed by atoms with van der Waals surface area (Å²) in [4.78, 5) is 75.8. The first-order valence-electron chi connectivity index (χ1n) is 11.9. The number of carboxylic acids is 2. The molecule has 0 bridgehead atoms. The summed E-state index contributed by atoms with van der Waals surface area (Å²) < 4.78 is 0. The first-order valence-corrected chi connectivity index (χ1v) is 11.9. The number of nitrogens with zero attached hydrogens (tertiary/aromatic N) is 1. The van der Waals surface area contributed by atoms with Gasteiger partial charge in [-0.2, -0.15) is 0 Å². The molecule has 0 saturated heterocycles. The Morgan fingerprint density at radius 2 is 1.29 bits per heavy atom. The molecule has 38 heavy (non-hydrogen) atoms. The Balaban J connectivity index is 5.62. The van der Waals surface area contributed by atoms with Crippen LogP contribution in [0.3, 0.4) is 0 Å². The lowest BCUT2D eigenvalue weighted by atomic mass is 10.1. The van der Waals surface area contributed by atoms with Crippen LogP contribution in [0.5, 0.6) is 0 Å². The number of carboxylic acid groups (broad SMARTS) is 2. The van der Waals surface area contributed by atoms with Crippen molar-refractivity contribution < 1.29 is 39.0 Å². The van der Waals surface area contributed by atoms with Crippen LogP contribution in [0.4, 0.5) is 0 Å². The van der Waals surface area contributed by atoms with Gasteiger partial charge in [0.05, 0.1) is 12.5 Å². The predicted octanol–water partition coefficient (Wildman–Crippen LogP) is -4.22. The SMILES string of the molecule is NCCCCC(NC(=O)C(CCCN=C(N)N)NC(=O)C(CC(N)=O)NC(=O)C(N)CCC(=O)O)C(=O)O. The zero-order chi connectivity index (χ0) is 29.3. The number of nitrogens with one attached hydrogen (secondary N) is 3. The molecule has 4 amide bonds. The molecule has 17 heteroatoms. The second-order valence-corrected chi connectivity index (χ2v) is 8.46. The molecule has 0 fully saturated rings. The minimum Gasteiger partial charge on any atom is -0.481 e. The van der Waals surface area contributed by atoms with Crippen molar-refractivity contribution in [1.29, 1.82) is 0 Å². The van der Waals surface area contributed by atoms with Crippen molar-refractivity contribution in [3.63, 3.8) is 0 Å². The van der Waals surface area contributed by atoms with E-state index in [1.807, 2.05) is 0 Å². The quantitative estimate of drug-likeness (QED) is 0.0395. The van der Waals surface area contributed by atoms with E-state index >= 15 is 0 Å². The number of aliphatic imine (C=N–C) groups is 1. The van der Waals surface area contributed by atoms with Crippen molar-refractivity contribution in [1.82, 2.24) is 16.0 Å². The van der Waals surface area contributed by atoms with Crippen LogP contribution in [0.15, 0.2) is 4.99 Å². The number of aliphatic carboxylic acids is 2. The lowest BCUT2D eigenvalue weighted by molar-refractivity contribution is -0.142. The molecule has 0 radical (unpaired) electrons. The Hall–Kier alpha value is -3.99. The van der Waals surface area contributed by atoms with Crippen LogP contribution in [0.1, 0.15) is 51.4 Å². The van der Waals surface area contributed by atoms with Crippen LogP contribution < -0.4 is 44.6 Å². The summed E-state index contributed by atoms with van der Waals surface area (Å²) in [5.74, 6) is -6.32. The highest BCUT2D eigenvalue weighted by molar-refractivity contribution is 5.96. The Kier molecular flexibility index (Phi) is 16.4. The van der Waals surface area contributed by atoms with E-state index in [1.165, 1.54) is 0 Å². The van der Waals surface area contributed by atoms with Gasteiger partial charge >= 0.3 is 11.9 Å². The monoisotopic (exact) mass is 545 g/mol. The summed E-state index contributed by atoms with van der Waals surface area (Å²) in [6.07, 6.45) is -0.0413. The largest absolute Gasteiger partial charge is 0.481 e. The third-order valence-electron chi connectivity index (χ3n) is 5.18. The van der Waals surface area contributed by atoms with Gasteiger partial charge in [-0.1, -0.05) is 0 Å². The molecule has 0 aromatic rings. The number of amides is 4. The summed E-state index contributed by atoms with van der Waals surface area (Å²) in [5.41, 5.74) is 26.8. The van der Waals surface area contributed by atoms with E-state index in [1.54, 1.807) is 0 Å². The summed E-state index contributed by atoms with van der Waals surface area (Å²) in [5, 5.41) is 25.2. The van der Waals surface area contributed by atoms with Crippen LogP contribution in [0.2, 0.25) is 0 Å². The fraction of sp³-hybridized carbons (Fsp3) is 0.667. The first-order chi connectivity index (χ1) is 17.8. The Bertz CT molecular complexity index is 864. The second kappa shape index (κ2) is 18.3. The van der Waals surface area contributed by atoms with E-state index in [9.17, 15) is 33.9 Å². The van der Waals surface area contributed by atoms with E-state index in [4.69, 9.17) is 33.8 Å². The summed E-state index contributed by atoms with van der Waals surface area (Å²) in [7, 11) is 0. The van der Waals surface area contributed by atoms with Gasteiger partial charge in [-0.05, 0) is 45.1 Å². The molecule has 15 N–H and O–H groups in total. The topological polar surface area (TPSA) is 321 Å². The number of guanidine groups is 1. The summed E-state index contributed by atoms with van der Waals surface area (Å²) in [6.45, 7) is 0.442. The number of hydrogen-bond acceptors (Lipinski definition) is 9. The van der Waals surface area contributed by atoms with Crippen molar-refractivity contribution in [3.8, 4) is 0 Å². The average Bonchev–Trinajstić information content (AvgIpc) is 2.82. The van der Waals surface area contributed by atoms with Gasteiger partial charge in [-0.3, -0.25) is 29.0 Å². The average molecular weight is 546 g/mol. The number of hydrogen-bond donors (Lipinski definition) is 10. The zero-order valence-corrected chi connectivity index (χ0v) is 21.1. The van der Waals surface area contributed by atoms with Gasteiger partial charge in [0.1, 0.15) is 18.1 Å². The molecule has 0 aromatic heterocycles. The number of rotatable bonds is 20. The molecule has 4 unspecified atom stereocenters. The molecule has 216 valence electrons. The minimum atomic E-state index is -1.54. The van der Waals surface area contributed by atoms with E-state index in [2.05, 4.69) is 20.9 Å². The fourth-order valence-corrected chi connectivity index (χ4v) is 3.17. The van der Waals surface area contributed by atoms with Crippen LogP contribution >= 0.6 is 0 Å². The van der Waals surface area contributed by atoms with Crippen molar-refractivity contribution in [3.05, 3.63) is 0 Å². The maximum absolute atomic E-state index is 12.9. The standard InChI is InChI=1S/C21H39N9O8/c22-8-2-1-4-13(20(37)38)29-18(35)12(5-3-9-27-21(25)26)28-19(36)14(10-15(24)31)30-17(34)11(23)6-7-16(32)33/h11-14H,1-10,22-23H2,(H2,24,31)(H,28,36)(H,29,35)(H,30,34)(H,32,33)(H,37,38)(H4,25,26,27). The van der Waals surface area contributed by atoms with Gasteiger partial charge in [0.2, 0.25) is 23.6 Å². The zero-order valence-electron chi connectivity index (χ0n) is 21.1. The number of nitrogens with two attached hydrogens (primary N) is 5. The molecular weight excluding hydrogens is 506 g/mol. The second-order valence-electron chi connectivity index (χ2n) is 8.46. The van der Waals surface area contributed by atoms with Crippen LogP contribution in [0, 0.1) is 0 Å². The highest BCUT2D eigenvalue weighted by Crippen LogP contribution is 2.06. The molecule has 4 atom stereocenters. The third-order valence-corrected chi connectivity index (χ3v) is 5.18.